The number of hydrogen-bond acceptors (Lipinski definition) is 4. The first-order valence-electron chi connectivity index (χ1n) is 6.37. The Hall–Kier alpha value is -1.63. The van der Waals surface area contributed by atoms with Crippen molar-refractivity contribution in [1.82, 2.24) is 0 Å². The molecular weight excluding hydrogens is 382 g/mol. The number of hydrogen-bond donors (Lipinski definition) is 1. The van der Waals surface area contributed by atoms with Gasteiger partial charge in [-0.05, 0) is 48.0 Å². The second-order valence-electron chi connectivity index (χ2n) is 4.59. The SMILES string of the molecule is O=C1C(=Cc2cccc(Br)c2)SC(=S)N1c1ccc(O)cc1. The van der Waals surface area contributed by atoms with Crippen LogP contribution in [-0.4, -0.2) is 15.3 Å². The summed E-state index contributed by atoms with van der Waals surface area (Å²) >= 11 is 9.99. The van der Waals surface area contributed by atoms with E-state index in [2.05, 4.69) is 15.9 Å². The molecule has 0 spiro atoms. The molecule has 0 bridgehead atoms. The van der Waals surface area contributed by atoms with Crippen LogP contribution < -0.4 is 4.90 Å². The molecule has 1 aliphatic rings. The van der Waals surface area contributed by atoms with Crippen LogP contribution in [0.1, 0.15) is 5.56 Å². The van der Waals surface area contributed by atoms with E-state index >= 15 is 0 Å². The van der Waals surface area contributed by atoms with Gasteiger partial charge in [0.2, 0.25) is 0 Å². The number of thioether (sulfide) groups is 1. The smallest absolute Gasteiger partial charge is 0.270 e. The topological polar surface area (TPSA) is 40.5 Å². The van der Waals surface area contributed by atoms with E-state index in [1.54, 1.807) is 12.1 Å². The molecule has 1 aliphatic heterocycles. The van der Waals surface area contributed by atoms with Gasteiger partial charge in [0, 0.05) is 4.47 Å². The van der Waals surface area contributed by atoms with Crippen molar-refractivity contribution in [2.24, 2.45) is 0 Å². The Morgan fingerprint density at radius 2 is 1.91 bits per heavy atom. The van der Waals surface area contributed by atoms with Crippen molar-refractivity contribution in [3.63, 3.8) is 0 Å². The number of amides is 1. The van der Waals surface area contributed by atoms with Gasteiger partial charge < -0.3 is 5.11 Å². The molecule has 110 valence electrons. The number of benzene rings is 2. The summed E-state index contributed by atoms with van der Waals surface area (Å²) in [7, 11) is 0. The van der Waals surface area contributed by atoms with E-state index in [0.717, 1.165) is 10.0 Å². The highest BCUT2D eigenvalue weighted by Crippen LogP contribution is 2.36. The van der Waals surface area contributed by atoms with Crippen LogP contribution in [0.2, 0.25) is 0 Å². The van der Waals surface area contributed by atoms with Gasteiger partial charge in [-0.3, -0.25) is 9.69 Å². The normalized spacial score (nSPS) is 16.6. The van der Waals surface area contributed by atoms with Crippen molar-refractivity contribution in [3.05, 3.63) is 63.5 Å². The third-order valence-corrected chi connectivity index (χ3v) is 4.84. The Morgan fingerprint density at radius 1 is 1.18 bits per heavy atom. The zero-order valence-corrected chi connectivity index (χ0v) is 14.4. The quantitative estimate of drug-likeness (QED) is 0.601. The minimum atomic E-state index is -0.152. The largest absolute Gasteiger partial charge is 0.508 e. The molecule has 0 aromatic heterocycles. The monoisotopic (exact) mass is 391 g/mol. The minimum Gasteiger partial charge on any atom is -0.508 e. The predicted octanol–water partition coefficient (Wildman–Crippen LogP) is 4.56. The molecule has 22 heavy (non-hydrogen) atoms. The highest BCUT2D eigenvalue weighted by molar-refractivity contribution is 9.10. The van der Waals surface area contributed by atoms with Gasteiger partial charge in [0.1, 0.15) is 5.75 Å². The first kappa shape index (κ1) is 15.3. The lowest BCUT2D eigenvalue weighted by Crippen LogP contribution is -2.27. The second-order valence-corrected chi connectivity index (χ2v) is 7.18. The summed E-state index contributed by atoms with van der Waals surface area (Å²) in [6.45, 7) is 0. The average Bonchev–Trinajstić information content (AvgIpc) is 2.75. The van der Waals surface area contributed by atoms with E-state index in [9.17, 15) is 9.90 Å². The first-order chi connectivity index (χ1) is 10.5. The van der Waals surface area contributed by atoms with Crippen molar-refractivity contribution in [2.45, 2.75) is 0 Å². The molecular formula is C16H10BrNO2S2. The van der Waals surface area contributed by atoms with Crippen LogP contribution in [-0.2, 0) is 4.79 Å². The number of carbonyl (C=O) groups excluding carboxylic acids is 1. The molecule has 3 nitrogen and oxygen atoms in total. The molecule has 1 amide bonds. The lowest BCUT2D eigenvalue weighted by atomic mass is 10.2. The molecule has 0 unspecified atom stereocenters. The molecule has 1 N–H and O–H groups in total. The van der Waals surface area contributed by atoms with E-state index in [0.29, 0.717) is 14.9 Å². The number of rotatable bonds is 2. The lowest BCUT2D eigenvalue weighted by Gasteiger charge is -2.14. The summed E-state index contributed by atoms with van der Waals surface area (Å²) in [6, 6.07) is 14.1. The van der Waals surface area contributed by atoms with E-state index in [-0.39, 0.29) is 11.7 Å². The summed E-state index contributed by atoms with van der Waals surface area (Å²) in [4.78, 5) is 14.6. The molecule has 2 aromatic carbocycles. The summed E-state index contributed by atoms with van der Waals surface area (Å²) in [5, 5.41) is 9.35. The molecule has 2 aromatic rings. The van der Waals surface area contributed by atoms with Gasteiger partial charge >= 0.3 is 0 Å². The van der Waals surface area contributed by atoms with E-state index in [1.807, 2.05) is 30.3 Å². The Labute approximate surface area is 145 Å². The first-order valence-corrected chi connectivity index (χ1v) is 8.39. The van der Waals surface area contributed by atoms with E-state index in [1.165, 1.54) is 28.8 Å². The highest BCUT2D eigenvalue weighted by Gasteiger charge is 2.33. The molecule has 0 saturated carbocycles. The van der Waals surface area contributed by atoms with Crippen molar-refractivity contribution < 1.29 is 9.90 Å². The number of carbonyl (C=O) groups is 1. The van der Waals surface area contributed by atoms with Gasteiger partial charge in [0.15, 0.2) is 4.32 Å². The number of phenols is 1. The fourth-order valence-corrected chi connectivity index (χ4v) is 3.76. The number of anilines is 1. The Balaban J connectivity index is 1.93. The molecule has 1 heterocycles. The third kappa shape index (κ3) is 3.09. The maximum absolute atomic E-state index is 12.6. The van der Waals surface area contributed by atoms with Crippen molar-refractivity contribution in [3.8, 4) is 5.75 Å². The summed E-state index contributed by atoms with van der Waals surface area (Å²) in [5.74, 6) is -0.000432. The van der Waals surface area contributed by atoms with Crippen LogP contribution in [0.3, 0.4) is 0 Å². The van der Waals surface area contributed by atoms with Gasteiger partial charge in [-0.2, -0.15) is 0 Å². The standard InChI is InChI=1S/C16H10BrNO2S2/c17-11-3-1-2-10(8-11)9-14-15(20)18(16(21)22-14)12-4-6-13(19)7-5-12/h1-9,19H. The summed E-state index contributed by atoms with van der Waals surface area (Å²) < 4.78 is 1.44. The van der Waals surface area contributed by atoms with Gasteiger partial charge in [0.25, 0.3) is 5.91 Å². The predicted molar refractivity (Wildman–Crippen MR) is 97.9 cm³/mol. The highest BCUT2D eigenvalue weighted by atomic mass is 79.9. The number of thiocarbonyl (C=S) groups is 1. The van der Waals surface area contributed by atoms with Crippen molar-refractivity contribution in [1.29, 1.82) is 0 Å². The van der Waals surface area contributed by atoms with Crippen LogP contribution in [0.15, 0.2) is 57.9 Å². The number of phenolic OH excluding ortho intramolecular Hbond substituents is 1. The molecule has 6 heteroatoms. The van der Waals surface area contributed by atoms with Crippen LogP contribution in [0.25, 0.3) is 6.08 Å². The molecule has 3 rings (SSSR count). The molecule has 1 saturated heterocycles. The molecule has 0 atom stereocenters. The number of halogens is 1. The zero-order valence-electron chi connectivity index (χ0n) is 11.2. The lowest BCUT2D eigenvalue weighted by molar-refractivity contribution is -0.113. The Kier molecular flexibility index (Phi) is 4.33. The van der Waals surface area contributed by atoms with Crippen LogP contribution in [0.5, 0.6) is 5.75 Å². The van der Waals surface area contributed by atoms with Gasteiger partial charge in [-0.25, -0.2) is 0 Å². The van der Waals surface area contributed by atoms with Gasteiger partial charge in [-0.15, -0.1) is 0 Å². The molecule has 0 radical (unpaired) electrons. The Bertz CT molecular complexity index is 787. The van der Waals surface area contributed by atoms with Crippen LogP contribution >= 0.6 is 39.9 Å². The number of aromatic hydroxyl groups is 1. The molecule has 1 fully saturated rings. The van der Waals surface area contributed by atoms with Crippen molar-refractivity contribution >= 4 is 61.9 Å². The van der Waals surface area contributed by atoms with Gasteiger partial charge in [-0.1, -0.05) is 52.0 Å². The minimum absolute atomic E-state index is 0.152. The third-order valence-electron chi connectivity index (χ3n) is 3.05. The van der Waals surface area contributed by atoms with Crippen LogP contribution in [0.4, 0.5) is 5.69 Å². The Morgan fingerprint density at radius 3 is 2.59 bits per heavy atom. The number of nitrogens with zero attached hydrogens (tertiary/aromatic N) is 1. The molecule has 0 aliphatic carbocycles. The van der Waals surface area contributed by atoms with Gasteiger partial charge in [0.05, 0.1) is 10.6 Å². The second kappa shape index (κ2) is 6.24. The summed E-state index contributed by atoms with van der Waals surface area (Å²) in [6.07, 6.45) is 1.82. The van der Waals surface area contributed by atoms with Crippen molar-refractivity contribution in [2.75, 3.05) is 4.90 Å². The maximum Gasteiger partial charge on any atom is 0.270 e. The van der Waals surface area contributed by atoms with Crippen LogP contribution in [0, 0.1) is 0 Å². The van der Waals surface area contributed by atoms with E-state index in [4.69, 9.17) is 12.2 Å². The van der Waals surface area contributed by atoms with E-state index < -0.39 is 0 Å². The average molecular weight is 392 g/mol. The maximum atomic E-state index is 12.6. The fraction of sp³-hybridized carbons (Fsp3) is 0. The zero-order chi connectivity index (χ0) is 15.7. The summed E-state index contributed by atoms with van der Waals surface area (Å²) in [5.41, 5.74) is 1.58. The fourth-order valence-electron chi connectivity index (χ4n) is 2.04.